The van der Waals surface area contributed by atoms with Crippen molar-refractivity contribution < 1.29 is 0 Å². The number of benzene rings is 1. The zero-order chi connectivity index (χ0) is 10.9. The van der Waals surface area contributed by atoms with Gasteiger partial charge in [-0.2, -0.15) is 0 Å². The predicted octanol–water partition coefficient (Wildman–Crippen LogP) is 2.98. The summed E-state index contributed by atoms with van der Waals surface area (Å²) in [4.78, 5) is 0. The van der Waals surface area contributed by atoms with Crippen molar-refractivity contribution in [1.29, 1.82) is 0 Å². The van der Waals surface area contributed by atoms with E-state index in [1.54, 1.807) is 0 Å². The molecule has 0 bridgehead atoms. The molecule has 0 fully saturated rings. The lowest BCUT2D eigenvalue weighted by atomic mass is 10.1. The van der Waals surface area contributed by atoms with E-state index in [-0.39, 0.29) is 0 Å². The van der Waals surface area contributed by atoms with Crippen LogP contribution in [-0.2, 0) is 6.54 Å². The second kappa shape index (κ2) is 7.43. The van der Waals surface area contributed by atoms with Crippen LogP contribution >= 0.6 is 0 Å². The molecule has 1 aromatic rings. The minimum atomic E-state index is 0.976. The first-order valence-electron chi connectivity index (χ1n) is 5.43. The van der Waals surface area contributed by atoms with Crippen LogP contribution in [0.1, 0.15) is 17.5 Å². The van der Waals surface area contributed by atoms with Gasteiger partial charge in [-0.25, -0.2) is 0 Å². The number of hydrogen-bond donors (Lipinski definition) is 1. The lowest BCUT2D eigenvalue weighted by Gasteiger charge is -2.04. The molecule has 0 spiro atoms. The summed E-state index contributed by atoms with van der Waals surface area (Å²) < 4.78 is 0. The molecule has 0 saturated heterocycles. The van der Waals surface area contributed by atoms with E-state index >= 15 is 0 Å². The minimum Gasteiger partial charge on any atom is -0.313 e. The fourth-order valence-corrected chi connectivity index (χ4v) is 1.92. The maximum absolute atomic E-state index is 3.74. The third kappa shape index (κ3) is 4.95. The van der Waals surface area contributed by atoms with E-state index in [2.05, 4.69) is 42.7 Å². The molecule has 0 unspecified atom stereocenters. The fourth-order valence-electron chi connectivity index (χ4n) is 1.39. The summed E-state index contributed by atoms with van der Waals surface area (Å²) in [6.07, 6.45) is 3.17. The van der Waals surface area contributed by atoms with Gasteiger partial charge in [0.25, 0.3) is 0 Å². The molecule has 1 nitrogen and oxygen atoms in total. The van der Waals surface area contributed by atoms with Gasteiger partial charge in [0.15, 0.2) is 0 Å². The van der Waals surface area contributed by atoms with Gasteiger partial charge in [0.1, 0.15) is 0 Å². The van der Waals surface area contributed by atoms with Crippen molar-refractivity contribution in [1.82, 2.24) is 5.32 Å². The quantitative estimate of drug-likeness (QED) is 0.547. The van der Waals surface area contributed by atoms with E-state index in [4.69, 9.17) is 0 Å². The summed E-state index contributed by atoms with van der Waals surface area (Å²) in [5.41, 5.74) is 2.53. The van der Waals surface area contributed by atoms with Crippen LogP contribution in [0.2, 0.25) is 12.6 Å². The maximum Gasteiger partial charge on any atom is 0.0343 e. The Balaban J connectivity index is 2.22. The Labute approximate surface area is 95.4 Å². The highest BCUT2D eigenvalue weighted by Gasteiger charge is 1.92. The lowest BCUT2D eigenvalue weighted by Crippen LogP contribution is -2.14. The number of nitrogens with one attached hydrogen (secondary N) is 1. The van der Waals surface area contributed by atoms with E-state index in [0.29, 0.717) is 0 Å². The zero-order valence-electron chi connectivity index (χ0n) is 9.42. The van der Waals surface area contributed by atoms with Crippen LogP contribution in [0.3, 0.4) is 0 Å². The Kier molecular flexibility index (Phi) is 6.05. The molecule has 1 N–H and O–H groups in total. The van der Waals surface area contributed by atoms with Crippen LogP contribution in [0.4, 0.5) is 0 Å². The van der Waals surface area contributed by atoms with Crippen LogP contribution in [-0.4, -0.2) is 16.1 Å². The van der Waals surface area contributed by atoms with Gasteiger partial charge in [-0.05, 0) is 24.1 Å². The van der Waals surface area contributed by atoms with E-state index in [0.717, 1.165) is 22.6 Å². The van der Waals surface area contributed by atoms with Gasteiger partial charge in [-0.1, -0.05) is 49.5 Å². The van der Waals surface area contributed by atoms with Gasteiger partial charge in [-0.15, -0.1) is 0 Å². The summed E-state index contributed by atoms with van der Waals surface area (Å²) in [6, 6.07) is 9.88. The molecule has 0 heterocycles. The van der Waals surface area contributed by atoms with Crippen LogP contribution < -0.4 is 5.32 Å². The molecular formula is C13H19NSi. The summed E-state index contributed by atoms with van der Waals surface area (Å²) in [6.45, 7) is 8.11. The summed E-state index contributed by atoms with van der Waals surface area (Å²) in [7, 11) is 1.08. The highest BCUT2D eigenvalue weighted by Crippen LogP contribution is 2.04. The molecule has 0 aliphatic carbocycles. The van der Waals surface area contributed by atoms with Crippen molar-refractivity contribution in [3.63, 3.8) is 0 Å². The van der Waals surface area contributed by atoms with Crippen LogP contribution in [0, 0.1) is 0 Å². The third-order valence-corrected chi connectivity index (χ3v) is 3.18. The highest BCUT2D eigenvalue weighted by atomic mass is 28.2. The molecule has 0 aliphatic heterocycles. The van der Waals surface area contributed by atoms with E-state index in [9.17, 15) is 0 Å². The van der Waals surface area contributed by atoms with Crippen molar-refractivity contribution in [3.05, 3.63) is 42.0 Å². The van der Waals surface area contributed by atoms with Crippen LogP contribution in [0.25, 0.3) is 6.08 Å². The van der Waals surface area contributed by atoms with Crippen molar-refractivity contribution in [3.8, 4) is 0 Å². The first-order valence-corrected chi connectivity index (χ1v) is 7.14. The van der Waals surface area contributed by atoms with Crippen LogP contribution in [0.5, 0.6) is 0 Å². The fraction of sp³-hybridized carbons (Fsp3) is 0.385. The van der Waals surface area contributed by atoms with Gasteiger partial charge in [0.2, 0.25) is 0 Å². The highest BCUT2D eigenvalue weighted by molar-refractivity contribution is 6.33. The normalized spacial score (nSPS) is 10.2. The molecule has 80 valence electrons. The minimum absolute atomic E-state index is 0.976. The Bertz CT molecular complexity index is 279. The SMILES string of the molecule is C=Cc1ccc(CNCCC[Si]C)cc1. The Morgan fingerprint density at radius 2 is 2.07 bits per heavy atom. The molecule has 0 atom stereocenters. The van der Waals surface area contributed by atoms with Crippen molar-refractivity contribution in [2.24, 2.45) is 0 Å². The molecule has 1 aromatic carbocycles. The van der Waals surface area contributed by atoms with Gasteiger partial charge >= 0.3 is 0 Å². The van der Waals surface area contributed by atoms with Gasteiger partial charge in [0.05, 0.1) is 0 Å². The Morgan fingerprint density at radius 3 is 2.67 bits per heavy atom. The summed E-state index contributed by atoms with van der Waals surface area (Å²) >= 11 is 0. The van der Waals surface area contributed by atoms with Gasteiger partial charge in [-0.3, -0.25) is 0 Å². The maximum atomic E-state index is 3.74. The molecule has 2 heteroatoms. The first-order chi connectivity index (χ1) is 7.36. The first kappa shape index (κ1) is 12.2. The zero-order valence-corrected chi connectivity index (χ0v) is 10.4. The predicted molar refractivity (Wildman–Crippen MR) is 69.3 cm³/mol. The van der Waals surface area contributed by atoms with Crippen molar-refractivity contribution in [2.45, 2.75) is 25.6 Å². The molecule has 0 saturated carbocycles. The largest absolute Gasteiger partial charge is 0.313 e. The van der Waals surface area contributed by atoms with Crippen LogP contribution in [0.15, 0.2) is 30.8 Å². The molecular weight excluding hydrogens is 198 g/mol. The number of rotatable bonds is 7. The molecule has 0 aromatic heterocycles. The smallest absolute Gasteiger partial charge is 0.0343 e. The number of hydrogen-bond acceptors (Lipinski definition) is 1. The second-order valence-corrected chi connectivity index (χ2v) is 4.79. The Morgan fingerprint density at radius 1 is 1.33 bits per heavy atom. The molecule has 0 amide bonds. The third-order valence-electron chi connectivity index (χ3n) is 2.32. The lowest BCUT2D eigenvalue weighted by molar-refractivity contribution is 0.674. The Hall–Kier alpha value is -0.863. The molecule has 0 aliphatic rings. The molecule has 2 radical (unpaired) electrons. The topological polar surface area (TPSA) is 12.0 Å². The average molecular weight is 217 g/mol. The van der Waals surface area contributed by atoms with Gasteiger partial charge in [0, 0.05) is 16.1 Å². The van der Waals surface area contributed by atoms with E-state index < -0.39 is 0 Å². The van der Waals surface area contributed by atoms with Crippen molar-refractivity contribution >= 4 is 15.6 Å². The van der Waals surface area contributed by atoms with Crippen molar-refractivity contribution in [2.75, 3.05) is 6.54 Å². The second-order valence-electron chi connectivity index (χ2n) is 3.58. The monoisotopic (exact) mass is 217 g/mol. The summed E-state index contributed by atoms with van der Waals surface area (Å²) in [5, 5.41) is 3.45. The van der Waals surface area contributed by atoms with E-state index in [1.165, 1.54) is 23.6 Å². The standard InChI is InChI=1S/C13H19NSi/c1-3-12-5-7-13(8-6-12)11-14-9-4-10-15-2/h3,5-8,14H,1,4,9-11H2,2H3. The average Bonchev–Trinajstić information content (AvgIpc) is 2.30. The summed E-state index contributed by atoms with van der Waals surface area (Å²) in [5.74, 6) is 0. The molecule has 1 rings (SSSR count). The van der Waals surface area contributed by atoms with E-state index in [1.807, 2.05) is 6.08 Å². The van der Waals surface area contributed by atoms with Gasteiger partial charge < -0.3 is 5.32 Å². The molecule has 15 heavy (non-hydrogen) atoms.